The van der Waals surface area contributed by atoms with Crippen molar-refractivity contribution in [1.82, 2.24) is 10.2 Å². The second-order valence-corrected chi connectivity index (χ2v) is 10.1. The zero-order valence-corrected chi connectivity index (χ0v) is 19.9. The normalized spacial score (nSPS) is 15.3. The van der Waals surface area contributed by atoms with Crippen LogP contribution in [0, 0.1) is 0 Å². The molecule has 1 aliphatic rings. The number of amides is 1. The third-order valence-corrected chi connectivity index (χ3v) is 6.91. The monoisotopic (exact) mass is 459 g/mol. The lowest BCUT2D eigenvalue weighted by atomic mass is 10.1. The van der Waals surface area contributed by atoms with E-state index in [1.807, 2.05) is 12.1 Å². The Balaban J connectivity index is 1.68. The third kappa shape index (κ3) is 6.23. The average Bonchev–Trinajstić information content (AvgIpc) is 3.29. The summed E-state index contributed by atoms with van der Waals surface area (Å²) >= 11 is 0. The molecule has 0 radical (unpaired) electrons. The molecule has 1 heterocycles. The van der Waals surface area contributed by atoms with Gasteiger partial charge in [0.05, 0.1) is 19.1 Å². The summed E-state index contributed by atoms with van der Waals surface area (Å²) in [6.45, 7) is 5.40. The predicted octanol–water partition coefficient (Wildman–Crippen LogP) is 3.15. The first kappa shape index (κ1) is 24.1. The molecule has 7 nitrogen and oxygen atoms in total. The van der Waals surface area contributed by atoms with E-state index < -0.39 is 16.1 Å². The predicted molar refractivity (Wildman–Crippen MR) is 127 cm³/mol. The zero-order valence-electron chi connectivity index (χ0n) is 19.1. The number of carbonyl (C=O) groups excluding carboxylic acids is 1. The number of benzene rings is 2. The lowest BCUT2D eigenvalue weighted by Gasteiger charge is -2.30. The van der Waals surface area contributed by atoms with Crippen molar-refractivity contribution < 1.29 is 17.9 Å². The van der Waals surface area contributed by atoms with Crippen molar-refractivity contribution >= 4 is 21.6 Å². The van der Waals surface area contributed by atoms with E-state index in [0.29, 0.717) is 24.4 Å². The molecule has 1 fully saturated rings. The maximum atomic E-state index is 13.0. The topological polar surface area (TPSA) is 79.0 Å². The first-order valence-corrected chi connectivity index (χ1v) is 12.9. The Morgan fingerprint density at radius 1 is 1.12 bits per heavy atom. The Morgan fingerprint density at radius 3 is 2.38 bits per heavy atom. The molecule has 1 N–H and O–H groups in total. The van der Waals surface area contributed by atoms with Gasteiger partial charge in [0, 0.05) is 19.2 Å². The fourth-order valence-corrected chi connectivity index (χ4v) is 5.28. The summed E-state index contributed by atoms with van der Waals surface area (Å²) in [5.41, 5.74) is 2.64. The Kier molecular flexibility index (Phi) is 8.15. The van der Waals surface area contributed by atoms with Gasteiger partial charge in [-0.25, -0.2) is 8.42 Å². The molecule has 1 amide bonds. The van der Waals surface area contributed by atoms with Crippen LogP contribution in [0.1, 0.15) is 37.3 Å². The van der Waals surface area contributed by atoms with Gasteiger partial charge in [0.2, 0.25) is 15.9 Å². The Morgan fingerprint density at radius 2 is 1.78 bits per heavy atom. The molecule has 174 valence electrons. The molecule has 3 rings (SSSR count). The van der Waals surface area contributed by atoms with Gasteiger partial charge in [0.1, 0.15) is 11.8 Å². The summed E-state index contributed by atoms with van der Waals surface area (Å²) < 4.78 is 31.6. The number of nitrogens with zero attached hydrogens (tertiary/aromatic N) is 2. The van der Waals surface area contributed by atoms with E-state index in [4.69, 9.17) is 4.74 Å². The van der Waals surface area contributed by atoms with Crippen LogP contribution in [0.5, 0.6) is 5.75 Å². The van der Waals surface area contributed by atoms with Crippen molar-refractivity contribution in [2.24, 2.45) is 0 Å². The maximum absolute atomic E-state index is 13.0. The van der Waals surface area contributed by atoms with Crippen molar-refractivity contribution in [3.63, 3.8) is 0 Å². The quantitative estimate of drug-likeness (QED) is 0.591. The maximum Gasteiger partial charge on any atom is 0.244 e. The molecule has 1 saturated heterocycles. The molecule has 0 spiro atoms. The van der Waals surface area contributed by atoms with Gasteiger partial charge in [-0.05, 0) is 55.6 Å². The second-order valence-electron chi connectivity index (χ2n) is 8.20. The molecule has 32 heavy (non-hydrogen) atoms. The lowest BCUT2D eigenvalue weighted by molar-refractivity contribution is -0.122. The zero-order chi connectivity index (χ0) is 23.1. The molecule has 0 aromatic heterocycles. The van der Waals surface area contributed by atoms with Crippen LogP contribution >= 0.6 is 0 Å². The first-order chi connectivity index (χ1) is 15.3. The minimum absolute atomic E-state index is 0.332. The highest BCUT2D eigenvalue weighted by Gasteiger charge is 2.31. The highest BCUT2D eigenvalue weighted by molar-refractivity contribution is 7.92. The third-order valence-electron chi connectivity index (χ3n) is 5.73. The molecular formula is C24H33N3O4S. The van der Waals surface area contributed by atoms with E-state index in [1.165, 1.54) is 29.8 Å². The van der Waals surface area contributed by atoms with E-state index >= 15 is 0 Å². The summed E-state index contributed by atoms with van der Waals surface area (Å²) in [5, 5.41) is 2.91. The van der Waals surface area contributed by atoms with Gasteiger partial charge >= 0.3 is 0 Å². The highest BCUT2D eigenvalue weighted by atomic mass is 32.2. The number of hydrogen-bond acceptors (Lipinski definition) is 5. The molecule has 2 aromatic rings. The fourth-order valence-electron chi connectivity index (χ4n) is 4.08. The molecule has 0 unspecified atom stereocenters. The summed E-state index contributed by atoms with van der Waals surface area (Å²) in [6, 6.07) is 14.1. The highest BCUT2D eigenvalue weighted by Crippen LogP contribution is 2.26. The van der Waals surface area contributed by atoms with E-state index in [-0.39, 0.29) is 5.91 Å². The number of anilines is 1. The van der Waals surface area contributed by atoms with E-state index in [1.54, 1.807) is 31.2 Å². The fraction of sp³-hybridized carbons (Fsp3) is 0.458. The van der Waals surface area contributed by atoms with Crippen LogP contribution in [-0.4, -0.2) is 51.7 Å². The van der Waals surface area contributed by atoms with Gasteiger partial charge in [-0.2, -0.15) is 0 Å². The summed E-state index contributed by atoms with van der Waals surface area (Å²) in [4.78, 5) is 15.5. The van der Waals surface area contributed by atoms with Crippen molar-refractivity contribution in [2.75, 3.05) is 30.8 Å². The number of rotatable bonds is 10. The molecular weight excluding hydrogens is 426 g/mol. The number of carbonyl (C=O) groups is 1. The van der Waals surface area contributed by atoms with Crippen LogP contribution in [-0.2, 0) is 27.9 Å². The van der Waals surface area contributed by atoms with Crippen LogP contribution in [0.2, 0.25) is 0 Å². The molecule has 1 aliphatic heterocycles. The van der Waals surface area contributed by atoms with E-state index in [2.05, 4.69) is 22.3 Å². The van der Waals surface area contributed by atoms with E-state index in [9.17, 15) is 13.2 Å². The van der Waals surface area contributed by atoms with Crippen LogP contribution in [0.25, 0.3) is 0 Å². The van der Waals surface area contributed by atoms with Gasteiger partial charge in [-0.15, -0.1) is 0 Å². The molecule has 0 aliphatic carbocycles. The molecule has 2 aromatic carbocycles. The van der Waals surface area contributed by atoms with E-state index in [0.717, 1.165) is 31.5 Å². The van der Waals surface area contributed by atoms with Crippen LogP contribution in [0.4, 0.5) is 5.69 Å². The standard InChI is InChI=1S/C24H33N3O4S/c1-4-23(27(32(3,29)30)21-8-7-9-22(16-21)31-2)24(28)25-17-19-10-12-20(13-11-19)18-26-14-5-6-15-26/h7-13,16,23H,4-6,14-15,17-18H2,1-3H3,(H,25,28)/t23-/m0/s1. The first-order valence-electron chi connectivity index (χ1n) is 11.0. The smallest absolute Gasteiger partial charge is 0.244 e. The van der Waals surface area contributed by atoms with Crippen molar-refractivity contribution in [3.8, 4) is 5.75 Å². The van der Waals surface area contributed by atoms with Gasteiger partial charge in [-0.1, -0.05) is 37.3 Å². The molecule has 8 heteroatoms. The summed E-state index contributed by atoms with van der Waals surface area (Å²) in [5.74, 6) is 0.197. The molecule has 0 bridgehead atoms. The minimum atomic E-state index is -3.69. The number of nitrogens with one attached hydrogen (secondary N) is 1. The molecule has 0 saturated carbocycles. The van der Waals surface area contributed by atoms with Crippen LogP contribution < -0.4 is 14.4 Å². The summed E-state index contributed by atoms with van der Waals surface area (Å²) in [6.07, 6.45) is 3.98. The van der Waals surface area contributed by atoms with Crippen molar-refractivity contribution in [3.05, 3.63) is 59.7 Å². The number of sulfonamides is 1. The number of ether oxygens (including phenoxy) is 1. The Labute approximate surface area is 191 Å². The average molecular weight is 460 g/mol. The lowest BCUT2D eigenvalue weighted by Crippen LogP contribution is -2.49. The van der Waals surface area contributed by atoms with Crippen molar-refractivity contribution in [2.45, 2.75) is 45.3 Å². The summed E-state index contributed by atoms with van der Waals surface area (Å²) in [7, 11) is -2.17. The van der Waals surface area contributed by atoms with Gasteiger partial charge in [0.15, 0.2) is 0 Å². The largest absolute Gasteiger partial charge is 0.497 e. The molecule has 1 atom stereocenters. The Bertz CT molecular complexity index is 1000. The van der Waals surface area contributed by atoms with Gasteiger partial charge in [-0.3, -0.25) is 14.0 Å². The minimum Gasteiger partial charge on any atom is -0.497 e. The SMILES string of the molecule is CC[C@@H](C(=O)NCc1ccc(CN2CCCC2)cc1)N(c1cccc(OC)c1)S(C)(=O)=O. The number of methoxy groups -OCH3 is 1. The van der Waals surface area contributed by atoms with Gasteiger partial charge in [0.25, 0.3) is 0 Å². The number of likely N-dealkylation sites (tertiary alicyclic amines) is 1. The van der Waals surface area contributed by atoms with Crippen molar-refractivity contribution in [1.29, 1.82) is 0 Å². The number of hydrogen-bond donors (Lipinski definition) is 1. The second kappa shape index (κ2) is 10.8. The van der Waals surface area contributed by atoms with Crippen LogP contribution in [0.3, 0.4) is 0 Å². The van der Waals surface area contributed by atoms with Crippen LogP contribution in [0.15, 0.2) is 48.5 Å². The van der Waals surface area contributed by atoms with Gasteiger partial charge < -0.3 is 10.1 Å². The Hall–Kier alpha value is -2.58.